The zero-order chi connectivity index (χ0) is 14.7. The maximum absolute atomic E-state index is 2.35. The van der Waals surface area contributed by atoms with Gasteiger partial charge in [0.1, 0.15) is 0 Å². The summed E-state index contributed by atoms with van der Waals surface area (Å²) >= 11 is 0. The molecule has 0 atom stereocenters. The lowest BCUT2D eigenvalue weighted by Crippen LogP contribution is -1.86. The van der Waals surface area contributed by atoms with Crippen molar-refractivity contribution in [3.8, 4) is 0 Å². The minimum atomic E-state index is 1.07. The zero-order valence-electron chi connectivity index (χ0n) is 12.6. The van der Waals surface area contributed by atoms with Gasteiger partial charge in [-0.3, -0.25) is 0 Å². The number of allylic oxidation sites excluding steroid dienone is 1. The van der Waals surface area contributed by atoms with Crippen LogP contribution in [0.15, 0.2) is 60.7 Å². The van der Waals surface area contributed by atoms with Crippen LogP contribution in [0.25, 0.3) is 38.4 Å². The number of hydrogen-bond acceptors (Lipinski definition) is 0. The van der Waals surface area contributed by atoms with Crippen molar-refractivity contribution in [2.24, 2.45) is 0 Å². The first kappa shape index (κ1) is 12.0. The van der Waals surface area contributed by atoms with E-state index in [-0.39, 0.29) is 0 Å². The summed E-state index contributed by atoms with van der Waals surface area (Å²) in [4.78, 5) is 0. The van der Waals surface area contributed by atoms with Crippen molar-refractivity contribution in [2.75, 3.05) is 0 Å². The normalized spacial score (nSPS) is 13.3. The number of aryl methyl sites for hydroxylation is 1. The van der Waals surface area contributed by atoms with Crippen molar-refractivity contribution in [3.05, 3.63) is 77.4 Å². The number of benzene rings is 4. The number of fused-ring (bicyclic) bond motifs is 6. The topological polar surface area (TPSA) is 0 Å². The molecule has 0 heterocycles. The standard InChI is InChI=1S/C22H16/c1-14-5-6-16-12-17-8-10-20-19-4-2-3-15(19)7-9-21(20)22(17)13-18(16)11-14/h2,4-13H,3H2,1H3. The smallest absolute Gasteiger partial charge is 0.00879 e. The van der Waals surface area contributed by atoms with Crippen molar-refractivity contribution in [3.63, 3.8) is 0 Å². The molecule has 104 valence electrons. The molecule has 0 saturated carbocycles. The molecule has 1 aliphatic rings. The summed E-state index contributed by atoms with van der Waals surface area (Å²) in [6.07, 6.45) is 5.60. The first-order valence-electron chi connectivity index (χ1n) is 7.85. The molecular formula is C22H16. The van der Waals surface area contributed by atoms with E-state index in [0.717, 1.165) is 6.42 Å². The van der Waals surface area contributed by atoms with Crippen LogP contribution in [0, 0.1) is 6.92 Å². The summed E-state index contributed by atoms with van der Waals surface area (Å²) in [5, 5.41) is 8.08. The summed E-state index contributed by atoms with van der Waals surface area (Å²) < 4.78 is 0. The van der Waals surface area contributed by atoms with E-state index in [9.17, 15) is 0 Å². The second kappa shape index (κ2) is 4.20. The zero-order valence-corrected chi connectivity index (χ0v) is 12.6. The summed E-state index contributed by atoms with van der Waals surface area (Å²) in [7, 11) is 0. The Morgan fingerprint density at radius 1 is 0.682 bits per heavy atom. The Labute approximate surface area is 129 Å². The molecular weight excluding hydrogens is 264 g/mol. The molecule has 0 unspecified atom stereocenters. The second-order valence-corrected chi connectivity index (χ2v) is 6.33. The van der Waals surface area contributed by atoms with Crippen LogP contribution in [0.3, 0.4) is 0 Å². The fraction of sp³-hybridized carbons (Fsp3) is 0.0909. The van der Waals surface area contributed by atoms with Crippen molar-refractivity contribution < 1.29 is 0 Å². The molecule has 0 bridgehead atoms. The van der Waals surface area contributed by atoms with E-state index >= 15 is 0 Å². The lowest BCUT2D eigenvalue weighted by molar-refractivity contribution is 1.32. The van der Waals surface area contributed by atoms with Crippen LogP contribution >= 0.6 is 0 Å². The van der Waals surface area contributed by atoms with Crippen LogP contribution in [-0.2, 0) is 6.42 Å². The molecule has 0 spiro atoms. The van der Waals surface area contributed by atoms with Gasteiger partial charge in [-0.1, -0.05) is 60.2 Å². The van der Waals surface area contributed by atoms with E-state index in [2.05, 4.69) is 73.7 Å². The van der Waals surface area contributed by atoms with E-state index in [1.54, 1.807) is 0 Å². The molecule has 22 heavy (non-hydrogen) atoms. The minimum Gasteiger partial charge on any atom is -0.0795 e. The fourth-order valence-electron chi connectivity index (χ4n) is 3.75. The van der Waals surface area contributed by atoms with Gasteiger partial charge in [0.15, 0.2) is 0 Å². The van der Waals surface area contributed by atoms with Crippen molar-refractivity contribution in [2.45, 2.75) is 13.3 Å². The Hall–Kier alpha value is -2.60. The van der Waals surface area contributed by atoms with Crippen molar-refractivity contribution >= 4 is 38.4 Å². The molecule has 0 aliphatic heterocycles. The molecule has 0 amide bonds. The summed E-state index contributed by atoms with van der Waals surface area (Å²) in [6, 6.07) is 20.5. The summed E-state index contributed by atoms with van der Waals surface area (Å²) in [5.74, 6) is 0. The van der Waals surface area contributed by atoms with Gasteiger partial charge in [0, 0.05) is 0 Å². The molecule has 0 heteroatoms. The molecule has 4 aromatic carbocycles. The van der Waals surface area contributed by atoms with Crippen molar-refractivity contribution in [1.29, 1.82) is 0 Å². The Bertz CT molecular complexity index is 1100. The minimum absolute atomic E-state index is 1.07. The van der Waals surface area contributed by atoms with Crippen molar-refractivity contribution in [1.82, 2.24) is 0 Å². The third-order valence-corrected chi connectivity index (χ3v) is 4.88. The highest BCUT2D eigenvalue weighted by Crippen LogP contribution is 2.34. The quantitative estimate of drug-likeness (QED) is 0.273. The lowest BCUT2D eigenvalue weighted by atomic mass is 9.94. The van der Waals surface area contributed by atoms with Gasteiger partial charge in [-0.05, 0) is 68.9 Å². The molecule has 0 fully saturated rings. The highest BCUT2D eigenvalue weighted by molar-refractivity contribution is 6.14. The maximum atomic E-state index is 2.35. The molecule has 1 aliphatic carbocycles. The van der Waals surface area contributed by atoms with Gasteiger partial charge in [0.25, 0.3) is 0 Å². The molecule has 0 saturated heterocycles. The van der Waals surface area contributed by atoms with Crippen LogP contribution in [-0.4, -0.2) is 0 Å². The third-order valence-electron chi connectivity index (χ3n) is 4.88. The van der Waals surface area contributed by atoms with Gasteiger partial charge >= 0.3 is 0 Å². The predicted molar refractivity (Wildman–Crippen MR) is 96.4 cm³/mol. The van der Waals surface area contributed by atoms with Crippen LogP contribution < -0.4 is 0 Å². The molecule has 0 nitrogen and oxygen atoms in total. The molecule has 0 radical (unpaired) electrons. The molecule has 4 aromatic rings. The average molecular weight is 280 g/mol. The van der Waals surface area contributed by atoms with Crippen LogP contribution in [0.4, 0.5) is 0 Å². The van der Waals surface area contributed by atoms with Gasteiger partial charge in [0.2, 0.25) is 0 Å². The molecule has 0 N–H and O–H groups in total. The van der Waals surface area contributed by atoms with Crippen LogP contribution in [0.1, 0.15) is 16.7 Å². The van der Waals surface area contributed by atoms with Crippen LogP contribution in [0.2, 0.25) is 0 Å². The summed E-state index contributed by atoms with van der Waals surface area (Å²) in [6.45, 7) is 2.16. The fourth-order valence-corrected chi connectivity index (χ4v) is 3.75. The SMILES string of the molecule is Cc1ccc2cc3ccc4c5c(ccc4c3cc2c1)CC=C5. The Kier molecular flexibility index (Phi) is 2.29. The highest BCUT2D eigenvalue weighted by Gasteiger charge is 2.11. The third kappa shape index (κ3) is 1.58. The molecule has 0 aromatic heterocycles. The number of hydrogen-bond donors (Lipinski definition) is 0. The lowest BCUT2D eigenvalue weighted by Gasteiger charge is -2.10. The highest BCUT2D eigenvalue weighted by atomic mass is 14.1. The first-order valence-corrected chi connectivity index (χ1v) is 7.85. The van der Waals surface area contributed by atoms with E-state index < -0.39 is 0 Å². The van der Waals surface area contributed by atoms with Gasteiger partial charge in [-0.2, -0.15) is 0 Å². The van der Waals surface area contributed by atoms with Gasteiger partial charge in [-0.25, -0.2) is 0 Å². The Morgan fingerprint density at radius 3 is 2.50 bits per heavy atom. The second-order valence-electron chi connectivity index (χ2n) is 6.33. The predicted octanol–water partition coefficient (Wildman–Crippen LogP) is 6.02. The number of rotatable bonds is 0. The van der Waals surface area contributed by atoms with Crippen LogP contribution in [0.5, 0.6) is 0 Å². The first-order chi connectivity index (χ1) is 10.8. The average Bonchev–Trinajstić information content (AvgIpc) is 3.01. The van der Waals surface area contributed by atoms with E-state index in [1.807, 2.05) is 0 Å². The van der Waals surface area contributed by atoms with Gasteiger partial charge < -0.3 is 0 Å². The Morgan fingerprint density at radius 2 is 1.55 bits per heavy atom. The molecule has 5 rings (SSSR count). The Balaban J connectivity index is 1.97. The summed E-state index contributed by atoms with van der Waals surface area (Å²) in [5.41, 5.74) is 4.17. The van der Waals surface area contributed by atoms with E-state index in [0.29, 0.717) is 0 Å². The maximum Gasteiger partial charge on any atom is -0.00879 e. The van der Waals surface area contributed by atoms with Gasteiger partial charge in [-0.15, -0.1) is 0 Å². The van der Waals surface area contributed by atoms with E-state index in [1.165, 1.54) is 49.0 Å². The largest absolute Gasteiger partial charge is 0.0795 e. The van der Waals surface area contributed by atoms with Gasteiger partial charge in [0.05, 0.1) is 0 Å². The van der Waals surface area contributed by atoms with E-state index in [4.69, 9.17) is 0 Å². The monoisotopic (exact) mass is 280 g/mol.